The van der Waals surface area contributed by atoms with Crippen LogP contribution in [-0.2, 0) is 4.74 Å². The second-order valence-corrected chi connectivity index (χ2v) is 5.14. The number of nitrogens with one attached hydrogen (secondary N) is 2. The highest BCUT2D eigenvalue weighted by atomic mass is 16.5. The molecule has 1 aliphatic rings. The van der Waals surface area contributed by atoms with E-state index >= 15 is 0 Å². The Balaban J connectivity index is 1.78. The van der Waals surface area contributed by atoms with E-state index in [1.807, 2.05) is 0 Å². The lowest BCUT2D eigenvalue weighted by Crippen LogP contribution is -2.27. The van der Waals surface area contributed by atoms with E-state index in [0.29, 0.717) is 36.3 Å². The predicted octanol–water partition coefficient (Wildman–Crippen LogP) is 0.586. The monoisotopic (exact) mass is 267 g/mol. The number of hydrogen-bond acceptors (Lipinski definition) is 5. The van der Waals surface area contributed by atoms with Gasteiger partial charge in [-0.3, -0.25) is 4.79 Å². The van der Waals surface area contributed by atoms with Crippen molar-refractivity contribution >= 4 is 5.82 Å². The molecule has 0 radical (unpaired) electrons. The minimum absolute atomic E-state index is 0.158. The Bertz CT molecular complexity index is 483. The van der Waals surface area contributed by atoms with Crippen LogP contribution in [0, 0.1) is 19.8 Å². The van der Waals surface area contributed by atoms with Gasteiger partial charge in [0.15, 0.2) is 0 Å². The second-order valence-electron chi connectivity index (χ2n) is 5.14. The van der Waals surface area contributed by atoms with Crippen LogP contribution < -0.4 is 10.9 Å². The number of aromatic amines is 1. The van der Waals surface area contributed by atoms with E-state index in [1.54, 1.807) is 13.8 Å². The van der Waals surface area contributed by atoms with Gasteiger partial charge in [0.1, 0.15) is 11.6 Å². The first-order valence-corrected chi connectivity index (χ1v) is 6.63. The Morgan fingerprint density at radius 3 is 2.95 bits per heavy atom. The molecule has 2 rings (SSSR count). The van der Waals surface area contributed by atoms with E-state index < -0.39 is 6.10 Å². The number of aliphatic hydroxyl groups is 1. The SMILES string of the molecule is Cc1nc(NCC(O)COCC2CC2)c(C)c(=O)[nH]1. The minimum Gasteiger partial charge on any atom is -0.389 e. The number of aryl methyl sites for hydroxylation is 1. The molecule has 6 heteroatoms. The summed E-state index contributed by atoms with van der Waals surface area (Å²) in [5, 5.41) is 12.8. The van der Waals surface area contributed by atoms with Crippen LogP contribution in [0.4, 0.5) is 5.82 Å². The zero-order valence-corrected chi connectivity index (χ0v) is 11.4. The van der Waals surface area contributed by atoms with Crippen molar-refractivity contribution in [3.8, 4) is 0 Å². The number of rotatable bonds is 7. The Morgan fingerprint density at radius 1 is 1.53 bits per heavy atom. The highest BCUT2D eigenvalue weighted by Crippen LogP contribution is 2.28. The average molecular weight is 267 g/mol. The summed E-state index contributed by atoms with van der Waals surface area (Å²) in [4.78, 5) is 18.4. The van der Waals surface area contributed by atoms with E-state index in [9.17, 15) is 9.90 Å². The van der Waals surface area contributed by atoms with Crippen molar-refractivity contribution in [3.05, 3.63) is 21.7 Å². The highest BCUT2D eigenvalue weighted by molar-refractivity contribution is 5.41. The number of anilines is 1. The van der Waals surface area contributed by atoms with E-state index in [4.69, 9.17) is 4.74 Å². The maximum Gasteiger partial charge on any atom is 0.255 e. The van der Waals surface area contributed by atoms with Gasteiger partial charge in [0.25, 0.3) is 5.56 Å². The molecule has 106 valence electrons. The van der Waals surface area contributed by atoms with E-state index in [-0.39, 0.29) is 5.56 Å². The molecule has 1 atom stereocenters. The molecule has 0 aliphatic heterocycles. The average Bonchev–Trinajstić information content (AvgIpc) is 3.16. The van der Waals surface area contributed by atoms with E-state index in [0.717, 1.165) is 6.61 Å². The molecule has 1 aromatic heterocycles. The number of nitrogens with zero attached hydrogens (tertiary/aromatic N) is 1. The van der Waals surface area contributed by atoms with Gasteiger partial charge in [-0.2, -0.15) is 0 Å². The lowest BCUT2D eigenvalue weighted by Gasteiger charge is -2.14. The van der Waals surface area contributed by atoms with Crippen molar-refractivity contribution in [2.45, 2.75) is 32.8 Å². The molecule has 1 unspecified atom stereocenters. The van der Waals surface area contributed by atoms with Crippen LogP contribution in [0.5, 0.6) is 0 Å². The third kappa shape index (κ3) is 4.33. The normalized spacial score (nSPS) is 16.4. The van der Waals surface area contributed by atoms with Gasteiger partial charge in [-0.05, 0) is 32.6 Å². The summed E-state index contributed by atoms with van der Waals surface area (Å²) in [6.45, 7) is 4.79. The molecule has 0 aromatic carbocycles. The molecule has 3 N–H and O–H groups in total. The summed E-state index contributed by atoms with van der Waals surface area (Å²) in [7, 11) is 0. The molecular formula is C13H21N3O3. The first-order valence-electron chi connectivity index (χ1n) is 6.63. The fraction of sp³-hybridized carbons (Fsp3) is 0.692. The maximum absolute atomic E-state index is 11.5. The third-order valence-corrected chi connectivity index (χ3v) is 3.14. The van der Waals surface area contributed by atoms with Gasteiger partial charge >= 0.3 is 0 Å². The third-order valence-electron chi connectivity index (χ3n) is 3.14. The molecule has 1 heterocycles. The zero-order chi connectivity index (χ0) is 13.8. The topological polar surface area (TPSA) is 87.2 Å². The van der Waals surface area contributed by atoms with Crippen molar-refractivity contribution in [1.29, 1.82) is 0 Å². The molecule has 1 aliphatic carbocycles. The number of H-pyrrole nitrogens is 1. The molecule has 1 fully saturated rings. The molecule has 6 nitrogen and oxygen atoms in total. The Labute approximate surface area is 112 Å². The fourth-order valence-corrected chi connectivity index (χ4v) is 1.75. The van der Waals surface area contributed by atoms with Crippen LogP contribution >= 0.6 is 0 Å². The summed E-state index contributed by atoms with van der Waals surface area (Å²) in [6.07, 6.45) is 1.88. The van der Waals surface area contributed by atoms with Crippen molar-refractivity contribution in [2.75, 3.05) is 25.1 Å². The fourth-order valence-electron chi connectivity index (χ4n) is 1.75. The molecule has 0 saturated heterocycles. The number of hydrogen-bond donors (Lipinski definition) is 3. The van der Waals surface area contributed by atoms with Gasteiger partial charge in [-0.25, -0.2) is 4.98 Å². The molecule has 1 saturated carbocycles. The maximum atomic E-state index is 11.5. The summed E-state index contributed by atoms with van der Waals surface area (Å²) in [6, 6.07) is 0. The predicted molar refractivity (Wildman–Crippen MR) is 72.4 cm³/mol. The molecule has 0 amide bonds. The zero-order valence-electron chi connectivity index (χ0n) is 11.4. The number of ether oxygens (including phenoxy) is 1. The van der Waals surface area contributed by atoms with Gasteiger partial charge in [0.2, 0.25) is 0 Å². The van der Waals surface area contributed by atoms with Crippen LogP contribution in [0.2, 0.25) is 0 Å². The van der Waals surface area contributed by atoms with Gasteiger partial charge < -0.3 is 20.1 Å². The summed E-state index contributed by atoms with van der Waals surface area (Å²) >= 11 is 0. The highest BCUT2D eigenvalue weighted by Gasteiger charge is 2.21. The molecule has 1 aromatic rings. The lowest BCUT2D eigenvalue weighted by atomic mass is 10.3. The Hall–Kier alpha value is -1.40. The standard InChI is InChI=1S/C13H21N3O3/c1-8-12(15-9(2)16-13(8)18)14-5-11(17)7-19-6-10-3-4-10/h10-11,17H,3-7H2,1-2H3,(H2,14,15,16,18). The van der Waals surface area contributed by atoms with Crippen molar-refractivity contribution < 1.29 is 9.84 Å². The van der Waals surface area contributed by atoms with Gasteiger partial charge in [0.05, 0.1) is 18.3 Å². The van der Waals surface area contributed by atoms with Crippen molar-refractivity contribution in [1.82, 2.24) is 9.97 Å². The van der Waals surface area contributed by atoms with E-state index in [1.165, 1.54) is 12.8 Å². The second kappa shape index (κ2) is 6.16. The first-order chi connectivity index (χ1) is 9.06. The van der Waals surface area contributed by atoms with Crippen LogP contribution in [0.3, 0.4) is 0 Å². The Kier molecular flexibility index (Phi) is 4.55. The quantitative estimate of drug-likeness (QED) is 0.673. The summed E-state index contributed by atoms with van der Waals surface area (Å²) in [5.41, 5.74) is 0.367. The van der Waals surface area contributed by atoms with Crippen LogP contribution in [0.15, 0.2) is 4.79 Å². The molecule has 19 heavy (non-hydrogen) atoms. The molecule has 0 spiro atoms. The van der Waals surface area contributed by atoms with Crippen LogP contribution in [0.25, 0.3) is 0 Å². The van der Waals surface area contributed by atoms with Gasteiger partial charge in [0, 0.05) is 13.2 Å². The van der Waals surface area contributed by atoms with Crippen molar-refractivity contribution in [3.63, 3.8) is 0 Å². The lowest BCUT2D eigenvalue weighted by molar-refractivity contribution is 0.0385. The minimum atomic E-state index is -0.598. The molecule has 0 bridgehead atoms. The van der Waals surface area contributed by atoms with Crippen LogP contribution in [-0.4, -0.2) is 40.9 Å². The smallest absolute Gasteiger partial charge is 0.255 e. The summed E-state index contributed by atoms with van der Waals surface area (Å²) < 4.78 is 5.41. The first kappa shape index (κ1) is 14.0. The molecular weight excluding hydrogens is 246 g/mol. The summed E-state index contributed by atoms with van der Waals surface area (Å²) in [5.74, 6) is 1.76. The Morgan fingerprint density at radius 2 is 2.26 bits per heavy atom. The number of aliphatic hydroxyl groups excluding tert-OH is 1. The van der Waals surface area contributed by atoms with Crippen LogP contribution in [0.1, 0.15) is 24.2 Å². The van der Waals surface area contributed by atoms with E-state index in [2.05, 4.69) is 15.3 Å². The van der Waals surface area contributed by atoms with Gasteiger partial charge in [-0.15, -0.1) is 0 Å². The van der Waals surface area contributed by atoms with Crippen molar-refractivity contribution in [2.24, 2.45) is 5.92 Å². The van der Waals surface area contributed by atoms with Gasteiger partial charge in [-0.1, -0.05) is 0 Å². The number of aromatic nitrogens is 2. The largest absolute Gasteiger partial charge is 0.389 e.